The zero-order valence-electron chi connectivity index (χ0n) is 14.3. The Morgan fingerprint density at radius 1 is 1.00 bits per heavy atom. The fourth-order valence-electron chi connectivity index (χ4n) is 2.82. The number of aromatic nitrogens is 1. The van der Waals surface area contributed by atoms with Gasteiger partial charge in [-0.15, -0.1) is 0 Å². The molecule has 4 rings (SSSR count). The lowest BCUT2D eigenvalue weighted by Gasteiger charge is -2.22. The second-order valence-electron chi connectivity index (χ2n) is 6.09. The molecule has 0 saturated carbocycles. The number of carbonyl (C=O) groups excluding carboxylic acids is 1. The molecular weight excluding hydrogens is 361 g/mol. The zero-order valence-corrected chi connectivity index (χ0v) is 15.1. The number of hydrogen-bond acceptors (Lipinski definition) is 4. The lowest BCUT2D eigenvalue weighted by molar-refractivity contribution is 0.100. The van der Waals surface area contributed by atoms with Crippen LogP contribution in [0.5, 0.6) is 0 Å². The Morgan fingerprint density at radius 3 is 2.37 bits per heavy atom. The first kappa shape index (κ1) is 17.2. The number of anilines is 2. The quantitative estimate of drug-likeness (QED) is 0.540. The van der Waals surface area contributed by atoms with Gasteiger partial charge in [-0.3, -0.25) is 4.79 Å². The number of amides is 1. The number of nitrogens with two attached hydrogens (primary N) is 1. The lowest BCUT2D eigenvalue weighted by atomic mass is 10.1. The summed E-state index contributed by atoms with van der Waals surface area (Å²) in [6, 6.07) is 21.4. The van der Waals surface area contributed by atoms with Gasteiger partial charge < -0.3 is 10.6 Å². The molecule has 1 amide bonds. The summed E-state index contributed by atoms with van der Waals surface area (Å²) in [5, 5.41) is 0.826. The monoisotopic (exact) mass is 377 g/mol. The Kier molecular flexibility index (Phi) is 4.56. The molecule has 27 heavy (non-hydrogen) atoms. The average molecular weight is 377 g/mol. The van der Waals surface area contributed by atoms with E-state index in [9.17, 15) is 9.18 Å². The van der Waals surface area contributed by atoms with Gasteiger partial charge in [0.25, 0.3) is 0 Å². The molecule has 0 aliphatic carbocycles. The summed E-state index contributed by atoms with van der Waals surface area (Å²) in [6.07, 6.45) is 0. The van der Waals surface area contributed by atoms with Crippen LogP contribution in [0.15, 0.2) is 72.8 Å². The van der Waals surface area contributed by atoms with Crippen molar-refractivity contribution in [2.24, 2.45) is 5.73 Å². The number of rotatable bonds is 5. The third kappa shape index (κ3) is 3.66. The largest absolute Gasteiger partial charge is 0.366 e. The average Bonchev–Trinajstić information content (AvgIpc) is 3.11. The summed E-state index contributed by atoms with van der Waals surface area (Å²) in [7, 11) is 0. The minimum absolute atomic E-state index is 0.268. The molecule has 3 aromatic carbocycles. The van der Waals surface area contributed by atoms with E-state index >= 15 is 0 Å². The summed E-state index contributed by atoms with van der Waals surface area (Å²) >= 11 is 1.58. The highest BCUT2D eigenvalue weighted by atomic mass is 32.1. The SMILES string of the molecule is NC(=O)c1ccc(N(Cc2ccc(F)cc2)c2nc3ccccc3s2)cc1. The summed E-state index contributed by atoms with van der Waals surface area (Å²) in [5.74, 6) is -0.734. The molecule has 0 aliphatic rings. The van der Waals surface area contributed by atoms with E-state index in [1.54, 1.807) is 35.6 Å². The number of nitrogens with zero attached hydrogens (tertiary/aromatic N) is 2. The fourth-order valence-corrected chi connectivity index (χ4v) is 3.81. The van der Waals surface area contributed by atoms with Crippen molar-refractivity contribution in [1.82, 2.24) is 4.98 Å². The van der Waals surface area contributed by atoms with E-state index in [4.69, 9.17) is 10.7 Å². The van der Waals surface area contributed by atoms with Crippen LogP contribution in [-0.4, -0.2) is 10.9 Å². The van der Waals surface area contributed by atoms with E-state index in [1.807, 2.05) is 41.3 Å². The molecule has 2 N–H and O–H groups in total. The molecule has 4 aromatic rings. The molecule has 0 unspecified atom stereocenters. The first-order chi connectivity index (χ1) is 13.1. The molecule has 0 spiro atoms. The Bertz CT molecular complexity index is 1060. The zero-order chi connectivity index (χ0) is 18.8. The summed E-state index contributed by atoms with van der Waals surface area (Å²) in [6.45, 7) is 0.524. The van der Waals surface area contributed by atoms with Crippen molar-refractivity contribution in [2.45, 2.75) is 6.54 Å². The molecule has 4 nitrogen and oxygen atoms in total. The van der Waals surface area contributed by atoms with Crippen LogP contribution >= 0.6 is 11.3 Å². The minimum Gasteiger partial charge on any atom is -0.366 e. The smallest absolute Gasteiger partial charge is 0.248 e. The maximum atomic E-state index is 13.3. The van der Waals surface area contributed by atoms with Crippen LogP contribution in [-0.2, 0) is 6.54 Å². The maximum Gasteiger partial charge on any atom is 0.248 e. The number of halogens is 1. The van der Waals surface area contributed by atoms with E-state index < -0.39 is 5.91 Å². The number of benzene rings is 3. The van der Waals surface area contributed by atoms with Gasteiger partial charge in [0.15, 0.2) is 5.13 Å². The van der Waals surface area contributed by atoms with Crippen LogP contribution in [0.2, 0.25) is 0 Å². The number of para-hydroxylation sites is 1. The fraction of sp³-hybridized carbons (Fsp3) is 0.0476. The van der Waals surface area contributed by atoms with Gasteiger partial charge in [0.2, 0.25) is 5.91 Å². The highest BCUT2D eigenvalue weighted by molar-refractivity contribution is 7.22. The van der Waals surface area contributed by atoms with Gasteiger partial charge in [0.1, 0.15) is 5.82 Å². The van der Waals surface area contributed by atoms with E-state index in [2.05, 4.69) is 0 Å². The van der Waals surface area contributed by atoms with Crippen LogP contribution < -0.4 is 10.6 Å². The first-order valence-corrected chi connectivity index (χ1v) is 9.19. The molecule has 1 aromatic heterocycles. The van der Waals surface area contributed by atoms with Gasteiger partial charge in [-0.25, -0.2) is 9.37 Å². The molecule has 134 valence electrons. The summed E-state index contributed by atoms with van der Waals surface area (Å²) < 4.78 is 14.4. The van der Waals surface area contributed by atoms with E-state index in [0.29, 0.717) is 12.1 Å². The predicted molar refractivity (Wildman–Crippen MR) is 107 cm³/mol. The van der Waals surface area contributed by atoms with Crippen molar-refractivity contribution in [3.63, 3.8) is 0 Å². The molecule has 0 radical (unpaired) electrons. The molecule has 0 bridgehead atoms. The molecule has 6 heteroatoms. The highest BCUT2D eigenvalue weighted by Crippen LogP contribution is 2.34. The van der Waals surface area contributed by atoms with Gasteiger partial charge in [-0.05, 0) is 54.1 Å². The Morgan fingerprint density at radius 2 is 1.70 bits per heavy atom. The molecule has 0 saturated heterocycles. The topological polar surface area (TPSA) is 59.2 Å². The van der Waals surface area contributed by atoms with Gasteiger partial charge in [-0.1, -0.05) is 35.6 Å². The van der Waals surface area contributed by atoms with Gasteiger partial charge in [-0.2, -0.15) is 0 Å². The van der Waals surface area contributed by atoms with Crippen LogP contribution in [0.25, 0.3) is 10.2 Å². The minimum atomic E-state index is -0.466. The van der Waals surface area contributed by atoms with Crippen molar-refractivity contribution in [2.75, 3.05) is 4.90 Å². The number of fused-ring (bicyclic) bond motifs is 1. The van der Waals surface area contributed by atoms with Crippen LogP contribution in [0.4, 0.5) is 15.2 Å². The van der Waals surface area contributed by atoms with E-state index in [0.717, 1.165) is 26.6 Å². The normalized spacial score (nSPS) is 10.9. The summed E-state index contributed by atoms with van der Waals surface area (Å²) in [4.78, 5) is 18.1. The number of thiazole rings is 1. The second-order valence-corrected chi connectivity index (χ2v) is 7.10. The second kappa shape index (κ2) is 7.17. The van der Waals surface area contributed by atoms with Crippen molar-refractivity contribution in [3.8, 4) is 0 Å². The van der Waals surface area contributed by atoms with Crippen molar-refractivity contribution < 1.29 is 9.18 Å². The summed E-state index contributed by atoms with van der Waals surface area (Å²) in [5.41, 5.74) is 8.55. The highest BCUT2D eigenvalue weighted by Gasteiger charge is 2.16. The molecular formula is C21H16FN3OS. The third-order valence-electron chi connectivity index (χ3n) is 4.23. The van der Waals surface area contributed by atoms with Crippen molar-refractivity contribution >= 4 is 38.3 Å². The molecule has 0 atom stereocenters. The molecule has 1 heterocycles. The third-order valence-corrected chi connectivity index (χ3v) is 5.29. The first-order valence-electron chi connectivity index (χ1n) is 8.37. The number of carbonyl (C=O) groups is 1. The standard InChI is InChI=1S/C21H16FN3OS/c22-16-9-5-14(6-10-16)13-25(17-11-7-15(8-12-17)20(23)26)21-24-18-3-1-2-4-19(18)27-21/h1-12H,13H2,(H2,23,26). The van der Waals surface area contributed by atoms with E-state index in [-0.39, 0.29) is 5.82 Å². The predicted octanol–water partition coefficient (Wildman–Crippen LogP) is 4.87. The van der Waals surface area contributed by atoms with Crippen molar-refractivity contribution in [3.05, 3.63) is 89.7 Å². The van der Waals surface area contributed by atoms with Crippen LogP contribution in [0.3, 0.4) is 0 Å². The van der Waals surface area contributed by atoms with E-state index in [1.165, 1.54) is 12.1 Å². The number of primary amides is 1. The Hall–Kier alpha value is -3.25. The number of hydrogen-bond donors (Lipinski definition) is 1. The Labute approximate surface area is 159 Å². The van der Waals surface area contributed by atoms with Gasteiger partial charge in [0, 0.05) is 11.3 Å². The van der Waals surface area contributed by atoms with Gasteiger partial charge in [0.05, 0.1) is 16.8 Å². The lowest BCUT2D eigenvalue weighted by Crippen LogP contribution is -2.17. The van der Waals surface area contributed by atoms with Crippen LogP contribution in [0.1, 0.15) is 15.9 Å². The van der Waals surface area contributed by atoms with Crippen molar-refractivity contribution in [1.29, 1.82) is 0 Å². The Balaban J connectivity index is 1.75. The van der Waals surface area contributed by atoms with Gasteiger partial charge >= 0.3 is 0 Å². The molecule has 0 aliphatic heterocycles. The molecule has 0 fully saturated rings. The van der Waals surface area contributed by atoms with Crippen LogP contribution in [0, 0.1) is 5.82 Å². The maximum absolute atomic E-state index is 13.3.